The fourth-order valence-corrected chi connectivity index (χ4v) is 8.90. The highest BCUT2D eigenvalue weighted by Gasteiger charge is 2.41. The van der Waals surface area contributed by atoms with E-state index in [9.17, 15) is 13.2 Å². The van der Waals surface area contributed by atoms with Crippen LogP contribution in [0.5, 0.6) is 0 Å². The summed E-state index contributed by atoms with van der Waals surface area (Å²) in [6.07, 6.45) is 5.52. The van der Waals surface area contributed by atoms with Gasteiger partial charge >= 0.3 is 5.97 Å². The van der Waals surface area contributed by atoms with Gasteiger partial charge in [-0.1, -0.05) is 42.5 Å². The maximum absolute atomic E-state index is 13.8. The number of hydrogen-bond acceptors (Lipinski definition) is 8. The lowest BCUT2D eigenvalue weighted by molar-refractivity contribution is -0.156. The zero-order valence-electron chi connectivity index (χ0n) is 26.1. The number of benzene rings is 1. The molecule has 1 aromatic carbocycles. The highest BCUT2D eigenvalue weighted by molar-refractivity contribution is 7.89. The van der Waals surface area contributed by atoms with Crippen molar-refractivity contribution in [2.75, 3.05) is 6.54 Å². The van der Waals surface area contributed by atoms with Crippen molar-refractivity contribution in [1.82, 2.24) is 24.3 Å². The van der Waals surface area contributed by atoms with Gasteiger partial charge in [-0.2, -0.15) is 4.31 Å². The predicted molar refractivity (Wildman–Crippen MR) is 171 cm³/mol. The van der Waals surface area contributed by atoms with Crippen molar-refractivity contribution in [3.05, 3.63) is 93.2 Å². The third-order valence-electron chi connectivity index (χ3n) is 8.46. The monoisotopic (exact) mass is 635 g/mol. The lowest BCUT2D eigenvalue weighted by atomic mass is 9.75. The molecule has 0 saturated carbocycles. The van der Waals surface area contributed by atoms with Gasteiger partial charge in [-0.25, -0.2) is 8.42 Å². The van der Waals surface area contributed by atoms with E-state index in [0.29, 0.717) is 31.5 Å². The van der Waals surface area contributed by atoms with Gasteiger partial charge in [0.05, 0.1) is 16.8 Å². The van der Waals surface area contributed by atoms with E-state index in [1.165, 1.54) is 0 Å². The number of fused-ring (bicyclic) bond motifs is 1. The van der Waals surface area contributed by atoms with Gasteiger partial charge in [-0.05, 0) is 82.2 Å². The molecule has 11 heteroatoms. The van der Waals surface area contributed by atoms with Crippen LogP contribution in [0.3, 0.4) is 0 Å². The average molecular weight is 636 g/mol. The van der Waals surface area contributed by atoms with Gasteiger partial charge in [0.25, 0.3) is 0 Å². The van der Waals surface area contributed by atoms with Gasteiger partial charge < -0.3 is 4.74 Å². The summed E-state index contributed by atoms with van der Waals surface area (Å²) in [4.78, 5) is 20.4. The molecule has 3 aromatic heterocycles. The van der Waals surface area contributed by atoms with Crippen LogP contribution in [0.2, 0.25) is 0 Å². The molecule has 2 atom stereocenters. The number of ether oxygens (including phenoxy) is 1. The molecule has 0 radical (unpaired) electrons. The molecule has 4 aromatic rings. The Hall–Kier alpha value is -3.41. The summed E-state index contributed by atoms with van der Waals surface area (Å²) in [7, 11) is -3.72. The van der Waals surface area contributed by atoms with Crippen molar-refractivity contribution >= 4 is 27.3 Å². The highest BCUT2D eigenvalue weighted by atomic mass is 32.2. The van der Waals surface area contributed by atoms with E-state index in [2.05, 4.69) is 28.3 Å². The van der Waals surface area contributed by atoms with Crippen LogP contribution in [0, 0.1) is 18.3 Å². The first-order valence-corrected chi connectivity index (χ1v) is 17.4. The minimum absolute atomic E-state index is 0.127. The Balaban J connectivity index is 1.42. The number of thiophene rings is 1. The molecule has 0 bridgehead atoms. The van der Waals surface area contributed by atoms with Crippen LogP contribution in [0.1, 0.15) is 72.3 Å². The summed E-state index contributed by atoms with van der Waals surface area (Å²) in [5.74, 6) is -0.328. The number of pyridine rings is 1. The van der Waals surface area contributed by atoms with Gasteiger partial charge in [-0.15, -0.1) is 16.4 Å². The van der Waals surface area contributed by atoms with E-state index in [1.54, 1.807) is 38.7 Å². The van der Waals surface area contributed by atoms with Crippen LogP contribution in [0.15, 0.2) is 65.8 Å². The first-order valence-electron chi connectivity index (χ1n) is 15.1. The number of esters is 1. The maximum Gasteiger partial charge on any atom is 0.312 e. The molecule has 0 fully saturated rings. The summed E-state index contributed by atoms with van der Waals surface area (Å²) in [6, 6.07) is 15.1. The number of aromatic nitrogens is 4. The van der Waals surface area contributed by atoms with E-state index in [4.69, 9.17) is 4.74 Å². The number of hydrogen-bond donors (Lipinski definition) is 0. The normalized spacial score (nSPS) is 17.5. The summed E-state index contributed by atoms with van der Waals surface area (Å²) in [6.45, 7) is 11.6. The number of aryl methyl sites for hydroxylation is 3. The topological polar surface area (TPSA) is 107 Å². The summed E-state index contributed by atoms with van der Waals surface area (Å²) < 4.78 is 36.8. The Kier molecular flexibility index (Phi) is 9.67. The smallest absolute Gasteiger partial charge is 0.312 e. The fraction of sp³-hybridized carbons (Fsp3) is 0.455. The Morgan fingerprint density at radius 3 is 2.68 bits per heavy atom. The lowest BCUT2D eigenvalue weighted by Crippen LogP contribution is -2.33. The van der Waals surface area contributed by atoms with Gasteiger partial charge in [0.15, 0.2) is 0 Å². The minimum atomic E-state index is -3.72. The van der Waals surface area contributed by atoms with E-state index >= 15 is 0 Å². The summed E-state index contributed by atoms with van der Waals surface area (Å²) in [5.41, 5.74) is 2.53. The number of carbonyl (C=O) groups is 1. The Bertz CT molecular complexity index is 1700. The molecule has 0 aliphatic carbocycles. The molecule has 4 heterocycles. The molecule has 0 amide bonds. The minimum Gasteiger partial charge on any atom is -0.460 e. The second-order valence-corrected chi connectivity index (χ2v) is 15.4. The van der Waals surface area contributed by atoms with Crippen molar-refractivity contribution < 1.29 is 17.9 Å². The molecule has 0 unspecified atom stereocenters. The zero-order chi connectivity index (χ0) is 31.5. The molecule has 234 valence electrons. The van der Waals surface area contributed by atoms with Crippen molar-refractivity contribution in [3.63, 3.8) is 0 Å². The number of sulfonamides is 1. The van der Waals surface area contributed by atoms with Gasteiger partial charge in [0, 0.05) is 47.7 Å². The van der Waals surface area contributed by atoms with Crippen LogP contribution in [-0.2, 0) is 52.1 Å². The van der Waals surface area contributed by atoms with E-state index in [1.807, 2.05) is 64.2 Å². The highest BCUT2D eigenvalue weighted by Crippen LogP contribution is 2.44. The molecule has 5 rings (SSSR count). The van der Waals surface area contributed by atoms with Crippen LogP contribution in [0.4, 0.5) is 0 Å². The number of nitrogens with zero attached hydrogens (tertiary/aromatic N) is 5. The largest absolute Gasteiger partial charge is 0.460 e. The predicted octanol–water partition coefficient (Wildman–Crippen LogP) is 5.93. The van der Waals surface area contributed by atoms with Gasteiger partial charge in [0.1, 0.15) is 11.5 Å². The van der Waals surface area contributed by atoms with E-state index < -0.39 is 15.4 Å². The first kappa shape index (κ1) is 32.0. The van der Waals surface area contributed by atoms with Crippen LogP contribution < -0.4 is 0 Å². The molecule has 1 aliphatic rings. The molecular formula is C33H41N5O4S2. The third kappa shape index (κ3) is 6.95. The second-order valence-electron chi connectivity index (χ2n) is 12.2. The zero-order valence-corrected chi connectivity index (χ0v) is 27.7. The van der Waals surface area contributed by atoms with Crippen LogP contribution >= 0.6 is 11.3 Å². The average Bonchev–Trinajstić information content (AvgIpc) is 3.59. The molecule has 0 saturated heterocycles. The van der Waals surface area contributed by atoms with Crippen molar-refractivity contribution in [2.45, 2.75) is 84.4 Å². The van der Waals surface area contributed by atoms with Crippen molar-refractivity contribution in [1.29, 1.82) is 0 Å². The SMILES string of the molecule is CCn1cc(CC[C@@H](c2cc(CN3C[C@@H](C)Cc4ncccc4S3(=O)=O)c(C)s2)C(C)(C)C(=O)OCc2ccccc2)nn1. The Morgan fingerprint density at radius 1 is 1.18 bits per heavy atom. The maximum atomic E-state index is 13.8. The number of carbonyl (C=O) groups excluding carboxylic acids is 1. The molecule has 44 heavy (non-hydrogen) atoms. The molecule has 0 spiro atoms. The molecule has 9 nitrogen and oxygen atoms in total. The standard InChI is InChI=1S/C33H41N5O4S2/c1-6-37-21-27(35-36-37)14-15-28(33(4,5)32(39)42-22-25-11-8-7-9-12-25)30-18-26(24(3)43-30)20-38-19-23(2)17-29-31(44(38,40)41)13-10-16-34-29/h7-13,16,18,21,23,28H,6,14-15,17,19-20,22H2,1-5H3/t23-,28-/m0/s1. The first-order chi connectivity index (χ1) is 21.0. The van der Waals surface area contributed by atoms with Gasteiger partial charge in [-0.3, -0.25) is 14.5 Å². The molecular weight excluding hydrogens is 595 g/mol. The summed E-state index contributed by atoms with van der Waals surface area (Å²) in [5, 5.41) is 8.51. The van der Waals surface area contributed by atoms with Crippen LogP contribution in [-0.4, -0.2) is 45.2 Å². The third-order valence-corrected chi connectivity index (χ3v) is 11.6. The van der Waals surface area contributed by atoms with Crippen molar-refractivity contribution in [2.24, 2.45) is 11.3 Å². The fourth-order valence-electron chi connectivity index (χ4n) is 5.81. The quantitative estimate of drug-likeness (QED) is 0.188. The van der Waals surface area contributed by atoms with E-state index in [-0.39, 0.29) is 35.9 Å². The lowest BCUT2D eigenvalue weighted by Gasteiger charge is -2.31. The van der Waals surface area contributed by atoms with Gasteiger partial charge in [0.2, 0.25) is 10.0 Å². The Morgan fingerprint density at radius 2 is 1.95 bits per heavy atom. The Labute approximate surface area is 264 Å². The number of rotatable bonds is 11. The second kappa shape index (κ2) is 13.3. The molecule has 1 aliphatic heterocycles. The van der Waals surface area contributed by atoms with Crippen LogP contribution in [0.25, 0.3) is 0 Å². The molecule has 0 N–H and O–H groups in total. The van der Waals surface area contributed by atoms with Crippen molar-refractivity contribution in [3.8, 4) is 0 Å². The van der Waals surface area contributed by atoms with E-state index in [0.717, 1.165) is 33.1 Å². The summed E-state index contributed by atoms with van der Waals surface area (Å²) >= 11 is 1.62.